The van der Waals surface area contributed by atoms with Crippen molar-refractivity contribution in [2.75, 3.05) is 13.1 Å². The van der Waals surface area contributed by atoms with Crippen LogP contribution in [0, 0.1) is 12.3 Å². The molecule has 0 radical (unpaired) electrons. The first kappa shape index (κ1) is 13.6. The summed E-state index contributed by atoms with van der Waals surface area (Å²) in [5, 5.41) is 0. The van der Waals surface area contributed by atoms with E-state index in [2.05, 4.69) is 42.3 Å². The maximum atomic E-state index is 4.38. The predicted octanol–water partition coefficient (Wildman–Crippen LogP) is 3.13. The molecule has 0 saturated carbocycles. The van der Waals surface area contributed by atoms with Gasteiger partial charge in [0, 0.05) is 19.8 Å². The summed E-state index contributed by atoms with van der Waals surface area (Å²) in [5.41, 5.74) is 1.93. The molecule has 0 aromatic carbocycles. The Morgan fingerprint density at radius 1 is 1.33 bits per heavy atom. The summed E-state index contributed by atoms with van der Waals surface area (Å²) >= 11 is 0. The van der Waals surface area contributed by atoms with Crippen molar-refractivity contribution in [3.63, 3.8) is 0 Å². The lowest BCUT2D eigenvalue weighted by Crippen LogP contribution is -2.38. The number of hydrogen-bond donors (Lipinski definition) is 0. The molecule has 102 valence electrons. The lowest BCUT2D eigenvalue weighted by atomic mass is 9.77. The molecule has 1 aromatic rings. The molecule has 1 aliphatic heterocycles. The summed E-state index contributed by atoms with van der Waals surface area (Å²) < 4.78 is 2.21. The van der Waals surface area contributed by atoms with Gasteiger partial charge in [-0.1, -0.05) is 20.3 Å². The molecule has 0 amide bonds. The normalized spacial score (nSPS) is 20.2. The molecule has 0 N–H and O–H groups in total. The summed E-state index contributed by atoms with van der Waals surface area (Å²) in [6.45, 7) is 10.4. The molecule has 0 bridgehead atoms. The van der Waals surface area contributed by atoms with Gasteiger partial charge in [0.1, 0.15) is 5.82 Å². The Morgan fingerprint density at radius 2 is 2.00 bits per heavy atom. The highest BCUT2D eigenvalue weighted by Crippen LogP contribution is 2.35. The van der Waals surface area contributed by atoms with Crippen LogP contribution in [0.15, 0.2) is 6.20 Å². The second-order valence-electron chi connectivity index (χ2n) is 6.19. The third-order valence-electron chi connectivity index (χ3n) is 4.62. The third kappa shape index (κ3) is 2.94. The Morgan fingerprint density at radius 3 is 2.50 bits per heavy atom. The van der Waals surface area contributed by atoms with Crippen LogP contribution in [0.25, 0.3) is 0 Å². The fourth-order valence-corrected chi connectivity index (χ4v) is 3.03. The number of hydrogen-bond acceptors (Lipinski definition) is 2. The molecule has 0 atom stereocenters. The van der Waals surface area contributed by atoms with Crippen LogP contribution in [-0.2, 0) is 13.6 Å². The van der Waals surface area contributed by atoms with E-state index in [4.69, 9.17) is 0 Å². The first-order chi connectivity index (χ1) is 8.54. The molecule has 1 aliphatic rings. The van der Waals surface area contributed by atoms with E-state index in [1.807, 2.05) is 6.20 Å². The Labute approximate surface area is 111 Å². The van der Waals surface area contributed by atoms with Gasteiger partial charge in [0.05, 0.1) is 5.69 Å². The fourth-order valence-electron chi connectivity index (χ4n) is 3.03. The molecule has 1 fully saturated rings. The second-order valence-corrected chi connectivity index (χ2v) is 6.19. The summed E-state index contributed by atoms with van der Waals surface area (Å²) in [4.78, 5) is 6.95. The van der Waals surface area contributed by atoms with E-state index in [9.17, 15) is 0 Å². The van der Waals surface area contributed by atoms with Crippen molar-refractivity contribution < 1.29 is 0 Å². The van der Waals surface area contributed by atoms with E-state index in [0.717, 1.165) is 12.4 Å². The van der Waals surface area contributed by atoms with Gasteiger partial charge >= 0.3 is 0 Å². The lowest BCUT2D eigenvalue weighted by Gasteiger charge is -2.39. The summed E-state index contributed by atoms with van der Waals surface area (Å²) in [6.07, 6.45) is 7.41. The van der Waals surface area contributed by atoms with Crippen LogP contribution < -0.4 is 0 Å². The molecular weight excluding hydrogens is 222 g/mol. The highest BCUT2D eigenvalue weighted by molar-refractivity contribution is 5.03. The van der Waals surface area contributed by atoms with Crippen LogP contribution >= 0.6 is 0 Å². The largest absolute Gasteiger partial charge is 0.334 e. The van der Waals surface area contributed by atoms with Crippen molar-refractivity contribution in [1.82, 2.24) is 14.5 Å². The van der Waals surface area contributed by atoms with Gasteiger partial charge in [-0.05, 0) is 44.7 Å². The molecule has 0 spiro atoms. The minimum atomic E-state index is 0.591. The highest BCUT2D eigenvalue weighted by Gasteiger charge is 2.29. The highest BCUT2D eigenvalue weighted by atomic mass is 15.2. The molecule has 3 heteroatoms. The van der Waals surface area contributed by atoms with E-state index in [0.29, 0.717) is 5.41 Å². The fraction of sp³-hybridized carbons (Fsp3) is 0.800. The van der Waals surface area contributed by atoms with Crippen molar-refractivity contribution in [3.05, 3.63) is 17.7 Å². The number of rotatable bonds is 4. The molecule has 18 heavy (non-hydrogen) atoms. The zero-order valence-corrected chi connectivity index (χ0v) is 12.4. The molecule has 0 unspecified atom stereocenters. The molecular formula is C15H27N3. The standard InChI is InChI=1S/C15H27N3/c1-5-6-15(3)7-9-18(10-8-15)12-14-11-16-13(2)17(14)4/h11H,5-10,12H2,1-4H3. The van der Waals surface area contributed by atoms with Crippen LogP contribution in [0.3, 0.4) is 0 Å². The average molecular weight is 249 g/mol. The van der Waals surface area contributed by atoms with Gasteiger partial charge in [0.25, 0.3) is 0 Å². The number of piperidine rings is 1. The topological polar surface area (TPSA) is 21.1 Å². The number of imidazole rings is 1. The van der Waals surface area contributed by atoms with Crippen LogP contribution in [-0.4, -0.2) is 27.5 Å². The number of likely N-dealkylation sites (tertiary alicyclic amines) is 1. The van der Waals surface area contributed by atoms with Crippen molar-refractivity contribution in [1.29, 1.82) is 0 Å². The zero-order valence-electron chi connectivity index (χ0n) is 12.4. The summed E-state index contributed by atoms with van der Waals surface area (Å²) in [7, 11) is 2.11. The first-order valence-electron chi connectivity index (χ1n) is 7.23. The van der Waals surface area contributed by atoms with Gasteiger partial charge in [0.15, 0.2) is 0 Å². The van der Waals surface area contributed by atoms with Gasteiger partial charge in [0.2, 0.25) is 0 Å². The van der Waals surface area contributed by atoms with Gasteiger partial charge < -0.3 is 4.57 Å². The maximum absolute atomic E-state index is 4.38. The van der Waals surface area contributed by atoms with Crippen molar-refractivity contribution >= 4 is 0 Å². The van der Waals surface area contributed by atoms with Gasteiger partial charge in [-0.15, -0.1) is 0 Å². The monoisotopic (exact) mass is 249 g/mol. The van der Waals surface area contributed by atoms with Crippen molar-refractivity contribution in [2.45, 2.75) is 53.0 Å². The van der Waals surface area contributed by atoms with Gasteiger partial charge in [-0.25, -0.2) is 4.98 Å². The van der Waals surface area contributed by atoms with Crippen molar-refractivity contribution in [2.24, 2.45) is 12.5 Å². The molecule has 1 aromatic heterocycles. The number of aryl methyl sites for hydroxylation is 1. The Balaban J connectivity index is 1.89. The average Bonchev–Trinajstić information content (AvgIpc) is 2.65. The van der Waals surface area contributed by atoms with Gasteiger partial charge in [-0.3, -0.25) is 4.90 Å². The predicted molar refractivity (Wildman–Crippen MR) is 75.5 cm³/mol. The van der Waals surface area contributed by atoms with E-state index in [-0.39, 0.29) is 0 Å². The number of nitrogens with zero attached hydrogens (tertiary/aromatic N) is 3. The molecule has 3 nitrogen and oxygen atoms in total. The third-order valence-corrected chi connectivity index (χ3v) is 4.62. The van der Waals surface area contributed by atoms with E-state index in [1.54, 1.807) is 0 Å². The minimum absolute atomic E-state index is 0.591. The smallest absolute Gasteiger partial charge is 0.105 e. The lowest BCUT2D eigenvalue weighted by molar-refractivity contribution is 0.103. The molecule has 1 saturated heterocycles. The SMILES string of the molecule is CCCC1(C)CCN(Cc2cnc(C)n2C)CC1. The van der Waals surface area contributed by atoms with Crippen LogP contribution in [0.1, 0.15) is 51.0 Å². The number of aromatic nitrogens is 2. The zero-order chi connectivity index (χ0) is 13.2. The van der Waals surface area contributed by atoms with E-state index < -0.39 is 0 Å². The molecule has 2 heterocycles. The van der Waals surface area contributed by atoms with Crippen LogP contribution in [0.2, 0.25) is 0 Å². The second kappa shape index (κ2) is 5.43. The van der Waals surface area contributed by atoms with E-state index >= 15 is 0 Å². The Hall–Kier alpha value is -0.830. The molecule has 2 rings (SSSR count). The Kier molecular flexibility index (Phi) is 4.10. The van der Waals surface area contributed by atoms with Gasteiger partial charge in [-0.2, -0.15) is 0 Å². The van der Waals surface area contributed by atoms with Crippen LogP contribution in [0.5, 0.6) is 0 Å². The first-order valence-corrected chi connectivity index (χ1v) is 7.23. The summed E-state index contributed by atoms with van der Waals surface area (Å²) in [5.74, 6) is 1.11. The van der Waals surface area contributed by atoms with Crippen LogP contribution in [0.4, 0.5) is 0 Å². The quantitative estimate of drug-likeness (QED) is 0.817. The summed E-state index contributed by atoms with van der Waals surface area (Å²) in [6, 6.07) is 0. The Bertz CT molecular complexity index is 386. The molecule has 0 aliphatic carbocycles. The minimum Gasteiger partial charge on any atom is -0.334 e. The maximum Gasteiger partial charge on any atom is 0.105 e. The van der Waals surface area contributed by atoms with Crippen molar-refractivity contribution in [3.8, 4) is 0 Å². The van der Waals surface area contributed by atoms with E-state index in [1.165, 1.54) is 44.5 Å².